The molecule has 210 valence electrons. The maximum absolute atomic E-state index is 5.61. The molecule has 6 rings (SSSR count). The second-order valence-corrected chi connectivity index (χ2v) is 10.4. The number of hydrogen-bond donors (Lipinski definition) is 0. The van der Waals surface area contributed by atoms with Gasteiger partial charge in [0.1, 0.15) is 0 Å². The Bertz CT molecular complexity index is 1620. The Labute approximate surface area is 257 Å². The van der Waals surface area contributed by atoms with E-state index in [1.807, 2.05) is 30.8 Å². The zero-order chi connectivity index (χ0) is 28.2. The van der Waals surface area contributed by atoms with Crippen LogP contribution in [-0.4, -0.2) is 9.97 Å². The van der Waals surface area contributed by atoms with Crippen LogP contribution in [0.15, 0.2) is 90.0 Å². The van der Waals surface area contributed by atoms with Gasteiger partial charge in [-0.3, -0.25) is 4.98 Å². The van der Waals surface area contributed by atoms with Gasteiger partial charge in [0.25, 0.3) is 0 Å². The molecular weight excluding hydrogens is 687 g/mol. The molecule has 0 saturated carbocycles. The van der Waals surface area contributed by atoms with Crippen LogP contribution in [0, 0.1) is 54.0 Å². The molecule has 1 atom stereocenters. The van der Waals surface area contributed by atoms with Crippen molar-refractivity contribution < 1.29 is 30.2 Å². The molecule has 0 spiro atoms. The Morgan fingerprint density at radius 2 is 1.32 bits per heavy atom. The van der Waals surface area contributed by atoms with Crippen molar-refractivity contribution in [1.29, 1.82) is 0 Å². The molecule has 0 aliphatic carbocycles. The van der Waals surface area contributed by atoms with Crippen molar-refractivity contribution in [2.75, 3.05) is 0 Å². The smallest absolute Gasteiger partial charge is 0.589 e. The Balaban J connectivity index is 0.000000184. The summed E-state index contributed by atoms with van der Waals surface area (Å²) in [6.07, 6.45) is 10.8. The fourth-order valence-electron chi connectivity index (χ4n) is 5.70. The molecule has 0 fully saturated rings. The molecule has 1 unspecified atom stereocenters. The third-order valence-electron chi connectivity index (χ3n) is 7.08. The fraction of sp³-hybridized carbons (Fsp3) is 0.194. The molecule has 4 nitrogen and oxygen atoms in total. The zero-order valence-electron chi connectivity index (χ0n) is 24.3. The molecule has 1 aliphatic heterocycles. The van der Waals surface area contributed by atoms with E-state index in [9.17, 15) is 0 Å². The van der Waals surface area contributed by atoms with Crippen molar-refractivity contribution in [3.05, 3.63) is 137 Å². The number of rotatable bonds is 4. The van der Waals surface area contributed by atoms with Crippen molar-refractivity contribution in [2.45, 2.75) is 47.6 Å². The van der Waals surface area contributed by atoms with Crippen molar-refractivity contribution >= 4 is 0 Å². The van der Waals surface area contributed by atoms with Gasteiger partial charge in [-0.15, -0.1) is 12.1 Å². The first-order chi connectivity index (χ1) is 19.3. The molecule has 0 amide bonds. The average molecular weight is 722 g/mol. The van der Waals surface area contributed by atoms with Crippen molar-refractivity contribution in [1.82, 2.24) is 9.97 Å². The monoisotopic (exact) mass is 721 g/mol. The van der Waals surface area contributed by atoms with Gasteiger partial charge in [-0.25, -0.2) is 0 Å². The van der Waals surface area contributed by atoms with Gasteiger partial charge in [0.15, 0.2) is 0 Å². The molecule has 2 aromatic carbocycles. The molecule has 5 aromatic rings. The topological polar surface area (TPSA) is 48.2 Å². The predicted molar refractivity (Wildman–Crippen MR) is 162 cm³/mol. The molecular formula is C36H34N2O2Pt. The normalized spacial score (nSPS) is 13.5. The van der Waals surface area contributed by atoms with Crippen LogP contribution in [0.2, 0.25) is 0 Å². The van der Waals surface area contributed by atoms with E-state index in [0.717, 1.165) is 22.5 Å². The molecule has 41 heavy (non-hydrogen) atoms. The summed E-state index contributed by atoms with van der Waals surface area (Å²) >= 11 is 0. The van der Waals surface area contributed by atoms with Crippen LogP contribution in [-0.2, 0) is 25.8 Å². The van der Waals surface area contributed by atoms with Crippen LogP contribution in [0.5, 0.6) is 0 Å². The van der Waals surface area contributed by atoms with E-state index in [1.165, 1.54) is 44.5 Å². The van der Waals surface area contributed by atoms with Crippen LogP contribution in [0.4, 0.5) is 0 Å². The number of pyridine rings is 2. The van der Waals surface area contributed by atoms with E-state index < -0.39 is 0 Å². The van der Waals surface area contributed by atoms with Crippen molar-refractivity contribution in [3.63, 3.8) is 0 Å². The summed E-state index contributed by atoms with van der Waals surface area (Å²) in [5.74, 6) is 0.681. The van der Waals surface area contributed by atoms with Crippen LogP contribution < -0.4 is 0 Å². The number of aryl methyl sites for hydroxylation is 6. The molecule has 0 radical (unpaired) electrons. The van der Waals surface area contributed by atoms with Crippen LogP contribution >= 0.6 is 0 Å². The van der Waals surface area contributed by atoms with E-state index in [4.69, 9.17) is 9.15 Å². The minimum absolute atomic E-state index is 0. The molecule has 0 N–H and O–H groups in total. The van der Waals surface area contributed by atoms with E-state index >= 15 is 0 Å². The first-order valence-corrected chi connectivity index (χ1v) is 13.5. The molecule has 0 saturated heterocycles. The Hall–Kier alpha value is -3.88. The van der Waals surface area contributed by atoms with E-state index in [1.54, 1.807) is 24.8 Å². The van der Waals surface area contributed by atoms with E-state index in [2.05, 4.69) is 94.0 Å². The summed E-state index contributed by atoms with van der Waals surface area (Å²) in [5.41, 5.74) is 14.2. The second kappa shape index (κ2) is 13.2. The standard InChI is InChI=1S/C18H18NO.C18H16NO.Pt/c2*1-12-10-13(2)17(14(3)11-12)15-6-4-8-19-18(15)16-7-5-9-20-16;/h4-11,16H,1-3H3;4-6,8-11H,1-3H3;/q2*-1;+2. The summed E-state index contributed by atoms with van der Waals surface area (Å²) in [6.45, 7) is 12.8. The van der Waals surface area contributed by atoms with Crippen LogP contribution in [0.3, 0.4) is 0 Å². The molecule has 4 heterocycles. The largest absolute Gasteiger partial charge is 2.00 e. The minimum Gasteiger partial charge on any atom is -0.589 e. The van der Waals surface area contributed by atoms with Gasteiger partial charge in [0, 0.05) is 29.4 Å². The Morgan fingerprint density at radius 3 is 1.85 bits per heavy atom. The maximum atomic E-state index is 5.61. The van der Waals surface area contributed by atoms with E-state index in [0.29, 0.717) is 5.76 Å². The van der Waals surface area contributed by atoms with Gasteiger partial charge in [-0.2, -0.15) is 12.5 Å². The number of furan rings is 1. The second-order valence-electron chi connectivity index (χ2n) is 10.4. The van der Waals surface area contributed by atoms with Gasteiger partial charge < -0.3 is 14.1 Å². The number of benzene rings is 2. The first kappa shape index (κ1) is 30.1. The zero-order valence-corrected chi connectivity index (χ0v) is 26.5. The summed E-state index contributed by atoms with van der Waals surface area (Å²) < 4.78 is 11.1. The average Bonchev–Trinajstić information content (AvgIpc) is 3.64. The number of hydrogen-bond acceptors (Lipinski definition) is 4. The molecule has 3 aromatic heterocycles. The Morgan fingerprint density at radius 1 is 0.756 bits per heavy atom. The van der Waals surface area contributed by atoms with Crippen LogP contribution in [0.25, 0.3) is 33.7 Å². The third-order valence-corrected chi connectivity index (χ3v) is 7.08. The van der Waals surface area contributed by atoms with Crippen molar-refractivity contribution in [3.8, 4) is 33.7 Å². The molecule has 5 heteroatoms. The molecule has 0 bridgehead atoms. The van der Waals surface area contributed by atoms with E-state index in [-0.39, 0.29) is 27.2 Å². The minimum atomic E-state index is -0.0775. The predicted octanol–water partition coefficient (Wildman–Crippen LogP) is 9.19. The Kier molecular flexibility index (Phi) is 9.68. The van der Waals surface area contributed by atoms with Crippen LogP contribution in [0.1, 0.15) is 45.2 Å². The summed E-state index contributed by atoms with van der Waals surface area (Å²) in [4.78, 5) is 9.02. The fourth-order valence-corrected chi connectivity index (χ4v) is 5.70. The van der Waals surface area contributed by atoms with Crippen molar-refractivity contribution in [2.24, 2.45) is 0 Å². The van der Waals surface area contributed by atoms with Gasteiger partial charge in [-0.05, 0) is 98.9 Å². The van der Waals surface area contributed by atoms with Gasteiger partial charge in [0.2, 0.25) is 0 Å². The third kappa shape index (κ3) is 6.55. The SMILES string of the molecule is Cc1cc(C)c(-c2cccnc2-c2[c-]cco2)c(C)c1.Cc1cc(C)c(-c2cccnc2C2[CH-]C=CO2)c(C)c1.[Pt+2]. The summed E-state index contributed by atoms with van der Waals surface area (Å²) in [7, 11) is 0. The first-order valence-electron chi connectivity index (χ1n) is 13.5. The van der Waals surface area contributed by atoms with Gasteiger partial charge in [-0.1, -0.05) is 53.8 Å². The summed E-state index contributed by atoms with van der Waals surface area (Å²) in [6, 6.07) is 21.8. The summed E-state index contributed by atoms with van der Waals surface area (Å²) in [5, 5.41) is 0. The molecule has 1 aliphatic rings. The number of nitrogens with zero attached hydrogens (tertiary/aromatic N) is 2. The number of aromatic nitrogens is 2. The van der Waals surface area contributed by atoms with Gasteiger partial charge in [0.05, 0.1) is 11.8 Å². The number of ether oxygens (including phenoxy) is 1. The maximum Gasteiger partial charge on any atom is 2.00 e. The quantitative estimate of drug-likeness (QED) is 0.174. The van der Waals surface area contributed by atoms with Gasteiger partial charge >= 0.3 is 21.1 Å².